The molecule has 5 nitrogen and oxygen atoms in total. The predicted octanol–water partition coefficient (Wildman–Crippen LogP) is 5.10. The maximum Gasteiger partial charge on any atom is 0.0894 e. The molecule has 150 valence electrons. The standard InChI is InChI=1S/C25H25N5/c1-24(19-7-3-13-26-19,20-8-4-14-27-20)18-11-12-23(30-17-18)25(2,21-9-5-15-28-21)22-10-6-16-29-22/h3-17,26-29H,1-2H3. The van der Waals surface area contributed by atoms with Crippen LogP contribution in [0.2, 0.25) is 0 Å². The number of pyridine rings is 1. The second kappa shape index (κ2) is 6.95. The SMILES string of the molecule is CC(c1ccc(C(C)(c2ccc[nH]2)c2ccc[nH]2)nc1)(c1ccc[nH]1)c1ccc[nH]1. The molecule has 0 amide bonds. The molecule has 5 rings (SSSR count). The molecule has 4 N–H and O–H groups in total. The van der Waals surface area contributed by atoms with Gasteiger partial charge in [0.05, 0.1) is 16.5 Å². The van der Waals surface area contributed by atoms with Crippen LogP contribution in [0.3, 0.4) is 0 Å². The van der Waals surface area contributed by atoms with E-state index in [1.165, 1.54) is 0 Å². The number of aromatic amines is 4. The zero-order chi connectivity index (χ0) is 20.6. The second-order valence-corrected chi connectivity index (χ2v) is 8.02. The van der Waals surface area contributed by atoms with Crippen LogP contribution in [-0.4, -0.2) is 24.9 Å². The number of hydrogen-bond donors (Lipinski definition) is 4. The van der Waals surface area contributed by atoms with Gasteiger partial charge in [-0.05, 0) is 74.0 Å². The van der Waals surface area contributed by atoms with Crippen molar-refractivity contribution in [1.29, 1.82) is 0 Å². The zero-order valence-electron chi connectivity index (χ0n) is 17.1. The van der Waals surface area contributed by atoms with Crippen molar-refractivity contribution in [3.05, 3.63) is 126 Å². The highest BCUT2D eigenvalue weighted by atomic mass is 14.8. The second-order valence-electron chi connectivity index (χ2n) is 8.02. The fourth-order valence-corrected chi connectivity index (χ4v) is 4.43. The maximum atomic E-state index is 4.98. The fraction of sp³-hybridized carbons (Fsp3) is 0.160. The van der Waals surface area contributed by atoms with Crippen LogP contribution in [0.15, 0.2) is 91.6 Å². The van der Waals surface area contributed by atoms with Crippen LogP contribution in [0.5, 0.6) is 0 Å². The van der Waals surface area contributed by atoms with Crippen molar-refractivity contribution in [3.63, 3.8) is 0 Å². The van der Waals surface area contributed by atoms with Crippen molar-refractivity contribution < 1.29 is 0 Å². The van der Waals surface area contributed by atoms with E-state index in [-0.39, 0.29) is 5.41 Å². The van der Waals surface area contributed by atoms with Crippen molar-refractivity contribution in [1.82, 2.24) is 24.9 Å². The summed E-state index contributed by atoms with van der Waals surface area (Å²) in [6, 6.07) is 20.9. The van der Waals surface area contributed by atoms with E-state index in [9.17, 15) is 0 Å². The van der Waals surface area contributed by atoms with Gasteiger partial charge < -0.3 is 19.9 Å². The van der Waals surface area contributed by atoms with Crippen LogP contribution in [0.1, 0.15) is 47.9 Å². The topological polar surface area (TPSA) is 76.0 Å². The number of nitrogens with zero attached hydrogens (tertiary/aromatic N) is 1. The maximum absolute atomic E-state index is 4.98. The number of nitrogens with one attached hydrogen (secondary N) is 4. The van der Waals surface area contributed by atoms with E-state index in [1.807, 2.05) is 55.2 Å². The quantitative estimate of drug-likeness (QED) is 0.317. The van der Waals surface area contributed by atoms with E-state index in [1.54, 1.807) is 0 Å². The van der Waals surface area contributed by atoms with Crippen LogP contribution in [-0.2, 0) is 10.8 Å². The molecule has 0 atom stereocenters. The third-order valence-electron chi connectivity index (χ3n) is 6.40. The molecule has 0 spiro atoms. The van der Waals surface area contributed by atoms with Gasteiger partial charge in [0.2, 0.25) is 0 Å². The molecule has 5 heteroatoms. The Balaban J connectivity index is 1.63. The number of aromatic nitrogens is 5. The summed E-state index contributed by atoms with van der Waals surface area (Å²) in [5.74, 6) is 0. The highest BCUT2D eigenvalue weighted by Crippen LogP contribution is 2.39. The van der Waals surface area contributed by atoms with Gasteiger partial charge in [0.25, 0.3) is 0 Å². The first-order chi connectivity index (χ1) is 14.6. The average Bonchev–Trinajstić information content (AvgIpc) is 3.61. The molecular formula is C25H25N5. The van der Waals surface area contributed by atoms with Crippen molar-refractivity contribution >= 4 is 0 Å². The normalized spacial score (nSPS) is 12.3. The zero-order valence-corrected chi connectivity index (χ0v) is 17.1. The lowest BCUT2D eigenvalue weighted by Crippen LogP contribution is -2.29. The first-order valence-electron chi connectivity index (χ1n) is 10.2. The van der Waals surface area contributed by atoms with E-state index < -0.39 is 5.41 Å². The van der Waals surface area contributed by atoms with E-state index in [0.29, 0.717) is 0 Å². The molecule has 0 radical (unpaired) electrons. The van der Waals surface area contributed by atoms with Crippen LogP contribution in [0, 0.1) is 0 Å². The largest absolute Gasteiger partial charge is 0.364 e. The van der Waals surface area contributed by atoms with Gasteiger partial charge in [-0.2, -0.15) is 0 Å². The number of rotatable bonds is 6. The van der Waals surface area contributed by atoms with E-state index in [0.717, 1.165) is 34.0 Å². The molecular weight excluding hydrogens is 370 g/mol. The van der Waals surface area contributed by atoms with Gasteiger partial charge in [0.15, 0.2) is 0 Å². The summed E-state index contributed by atoms with van der Waals surface area (Å²) < 4.78 is 0. The third kappa shape index (κ3) is 2.66. The minimum absolute atomic E-state index is 0.353. The van der Waals surface area contributed by atoms with Crippen LogP contribution in [0.25, 0.3) is 0 Å². The van der Waals surface area contributed by atoms with Gasteiger partial charge in [0, 0.05) is 53.8 Å². The summed E-state index contributed by atoms with van der Waals surface area (Å²) in [7, 11) is 0. The van der Waals surface area contributed by atoms with Gasteiger partial charge in [-0.3, -0.25) is 4.98 Å². The van der Waals surface area contributed by atoms with Crippen molar-refractivity contribution in [2.24, 2.45) is 0 Å². The lowest BCUT2D eigenvalue weighted by molar-refractivity contribution is 0.615. The fourth-order valence-electron chi connectivity index (χ4n) is 4.43. The molecule has 0 aromatic carbocycles. The Kier molecular flexibility index (Phi) is 4.24. The molecule has 5 aromatic heterocycles. The van der Waals surface area contributed by atoms with Gasteiger partial charge in [-0.15, -0.1) is 0 Å². The number of hydrogen-bond acceptors (Lipinski definition) is 1. The highest BCUT2D eigenvalue weighted by Gasteiger charge is 2.37. The van der Waals surface area contributed by atoms with Crippen LogP contribution in [0.4, 0.5) is 0 Å². The minimum atomic E-state index is -0.402. The molecule has 5 heterocycles. The average molecular weight is 396 g/mol. The molecule has 30 heavy (non-hydrogen) atoms. The predicted molar refractivity (Wildman–Crippen MR) is 119 cm³/mol. The summed E-state index contributed by atoms with van der Waals surface area (Å²) in [5.41, 5.74) is 5.79. The van der Waals surface area contributed by atoms with Crippen LogP contribution >= 0.6 is 0 Å². The molecule has 5 aromatic rings. The molecule has 0 unspecified atom stereocenters. The Morgan fingerprint density at radius 1 is 0.567 bits per heavy atom. The molecule has 0 aliphatic carbocycles. The Labute approximate surface area is 175 Å². The summed E-state index contributed by atoms with van der Waals surface area (Å²) in [6.45, 7) is 4.41. The molecule has 0 bridgehead atoms. The Morgan fingerprint density at radius 3 is 1.33 bits per heavy atom. The van der Waals surface area contributed by atoms with Crippen LogP contribution < -0.4 is 0 Å². The van der Waals surface area contributed by atoms with Gasteiger partial charge in [-0.1, -0.05) is 6.07 Å². The molecule has 0 aliphatic rings. The first kappa shape index (κ1) is 18.3. The lowest BCUT2D eigenvalue weighted by Gasteiger charge is -2.31. The molecule has 0 aliphatic heterocycles. The smallest absolute Gasteiger partial charge is 0.0894 e. The van der Waals surface area contributed by atoms with Gasteiger partial charge in [-0.25, -0.2) is 0 Å². The molecule has 0 saturated carbocycles. The third-order valence-corrected chi connectivity index (χ3v) is 6.40. The monoisotopic (exact) mass is 395 g/mol. The highest BCUT2D eigenvalue weighted by molar-refractivity contribution is 5.47. The number of H-pyrrole nitrogens is 4. The van der Waals surface area contributed by atoms with E-state index in [2.05, 4.69) is 70.2 Å². The summed E-state index contributed by atoms with van der Waals surface area (Å²) in [4.78, 5) is 18.5. The Morgan fingerprint density at radius 2 is 1.00 bits per heavy atom. The first-order valence-corrected chi connectivity index (χ1v) is 10.2. The van der Waals surface area contributed by atoms with Gasteiger partial charge >= 0.3 is 0 Å². The summed E-state index contributed by atoms with van der Waals surface area (Å²) >= 11 is 0. The molecule has 0 saturated heterocycles. The summed E-state index contributed by atoms with van der Waals surface area (Å²) in [5, 5.41) is 0. The van der Waals surface area contributed by atoms with E-state index in [4.69, 9.17) is 4.98 Å². The Bertz CT molecular complexity index is 1010. The van der Waals surface area contributed by atoms with Crippen molar-refractivity contribution in [2.45, 2.75) is 24.7 Å². The van der Waals surface area contributed by atoms with E-state index >= 15 is 0 Å². The Hall–Kier alpha value is -3.73. The van der Waals surface area contributed by atoms with Crippen molar-refractivity contribution in [3.8, 4) is 0 Å². The molecule has 0 fully saturated rings. The van der Waals surface area contributed by atoms with Crippen molar-refractivity contribution in [2.75, 3.05) is 0 Å². The van der Waals surface area contributed by atoms with Gasteiger partial charge in [0.1, 0.15) is 0 Å². The summed E-state index contributed by atoms with van der Waals surface area (Å²) in [6.07, 6.45) is 9.84. The lowest BCUT2D eigenvalue weighted by atomic mass is 9.76. The minimum Gasteiger partial charge on any atom is -0.364 e.